The van der Waals surface area contributed by atoms with Gasteiger partial charge in [0.1, 0.15) is 0 Å². The molecule has 2 N–H and O–H groups in total. The van der Waals surface area contributed by atoms with Crippen LogP contribution in [0.15, 0.2) is 0 Å². The van der Waals surface area contributed by atoms with Crippen molar-refractivity contribution in [3.8, 4) is 0 Å². The van der Waals surface area contributed by atoms with E-state index in [4.69, 9.17) is 0 Å². The van der Waals surface area contributed by atoms with Crippen molar-refractivity contribution < 1.29 is 9.18 Å². The molecule has 0 aliphatic carbocycles. The minimum atomic E-state index is -1.83. The summed E-state index contributed by atoms with van der Waals surface area (Å²) in [5.41, 5.74) is 2.83. The first-order valence-electron chi connectivity index (χ1n) is 2.05. The van der Waals surface area contributed by atoms with E-state index in [9.17, 15) is 9.18 Å². The quantitative estimate of drug-likeness (QED) is 0.549. The fourth-order valence-electron chi connectivity index (χ4n) is 0.0659. The van der Waals surface area contributed by atoms with Crippen molar-refractivity contribution in [3.63, 3.8) is 0 Å². The summed E-state index contributed by atoms with van der Waals surface area (Å²) in [6, 6.07) is 0. The summed E-state index contributed by atoms with van der Waals surface area (Å²) in [5, 5.41) is 0. The molecule has 0 saturated carbocycles. The van der Waals surface area contributed by atoms with Gasteiger partial charge in [-0.3, -0.25) is 4.79 Å². The fraction of sp³-hybridized carbons (Fsp3) is 0.750. The maximum Gasteiger partial charge on any atom is 0.255 e. The lowest BCUT2D eigenvalue weighted by molar-refractivity contribution is -0.126. The molecule has 0 saturated heterocycles. The van der Waals surface area contributed by atoms with Crippen LogP contribution in [-0.2, 0) is 4.79 Å². The number of alkyl halides is 2. The van der Waals surface area contributed by atoms with Gasteiger partial charge in [0.2, 0.25) is 0 Å². The van der Waals surface area contributed by atoms with Gasteiger partial charge in [-0.05, 0) is 6.92 Å². The third-order valence-electron chi connectivity index (χ3n) is 0.765. The molecule has 0 aliphatic rings. The molecule has 0 aromatic carbocycles. The monoisotopic (exact) mass is 231 g/mol. The highest BCUT2D eigenvalue weighted by Gasteiger charge is 2.28. The van der Waals surface area contributed by atoms with Crippen molar-refractivity contribution >= 4 is 28.5 Å². The topological polar surface area (TPSA) is 43.1 Å². The van der Waals surface area contributed by atoms with E-state index >= 15 is 0 Å². The molecule has 0 radical (unpaired) electrons. The molecule has 1 unspecified atom stereocenters. The summed E-state index contributed by atoms with van der Waals surface area (Å²) in [6.45, 7) is 1.17. The zero-order chi connectivity index (χ0) is 6.78. The fourth-order valence-corrected chi connectivity index (χ4v) is 0.442. The number of hydrogen-bond donors (Lipinski definition) is 1. The Morgan fingerprint density at radius 1 is 2.00 bits per heavy atom. The van der Waals surface area contributed by atoms with Gasteiger partial charge in [0.05, 0.1) is 0 Å². The number of nitrogens with two attached hydrogens (primary N) is 1. The third-order valence-corrected chi connectivity index (χ3v) is 2.20. The van der Waals surface area contributed by atoms with E-state index in [1.807, 2.05) is 0 Å². The third kappa shape index (κ3) is 1.94. The summed E-state index contributed by atoms with van der Waals surface area (Å²) in [5.74, 6) is -0.896. The average Bonchev–Trinajstić information content (AvgIpc) is 1.67. The van der Waals surface area contributed by atoms with E-state index in [1.165, 1.54) is 6.92 Å². The van der Waals surface area contributed by atoms with Crippen molar-refractivity contribution in [2.24, 2.45) is 5.73 Å². The molecule has 2 nitrogen and oxygen atoms in total. The SMILES string of the molecule is CC(F)(CI)C(N)=O. The molecule has 48 valence electrons. The molecule has 1 amide bonds. The lowest BCUT2D eigenvalue weighted by Gasteiger charge is -2.10. The Balaban J connectivity index is 3.91. The Hall–Kier alpha value is 0.130. The highest BCUT2D eigenvalue weighted by Crippen LogP contribution is 2.11. The van der Waals surface area contributed by atoms with E-state index in [0.29, 0.717) is 0 Å². The molecule has 0 bridgehead atoms. The van der Waals surface area contributed by atoms with Crippen LogP contribution in [0, 0.1) is 0 Å². The number of amides is 1. The van der Waals surface area contributed by atoms with E-state index < -0.39 is 11.6 Å². The van der Waals surface area contributed by atoms with Gasteiger partial charge in [0.15, 0.2) is 5.67 Å². The minimum absolute atomic E-state index is 0.111. The molecular weight excluding hydrogens is 224 g/mol. The molecule has 0 spiro atoms. The number of carbonyl (C=O) groups excluding carboxylic acids is 1. The molecule has 0 aromatic rings. The Labute approximate surface area is 60.8 Å². The minimum Gasteiger partial charge on any atom is -0.367 e. The lowest BCUT2D eigenvalue weighted by atomic mass is 10.2. The van der Waals surface area contributed by atoms with Crippen molar-refractivity contribution in [2.75, 3.05) is 4.43 Å². The molecule has 1 atom stereocenters. The standard InChI is InChI=1S/C4H7FINO/c1-4(5,2-6)3(7)8/h2H2,1H3,(H2,7,8). The van der Waals surface area contributed by atoms with Crippen LogP contribution < -0.4 is 5.73 Å². The Bertz CT molecular complexity index is 104. The molecule has 0 rings (SSSR count). The summed E-state index contributed by atoms with van der Waals surface area (Å²) >= 11 is 1.77. The smallest absolute Gasteiger partial charge is 0.255 e. The molecule has 0 aliphatic heterocycles. The highest BCUT2D eigenvalue weighted by atomic mass is 127. The van der Waals surface area contributed by atoms with E-state index in [1.54, 1.807) is 22.6 Å². The van der Waals surface area contributed by atoms with Crippen molar-refractivity contribution in [2.45, 2.75) is 12.6 Å². The zero-order valence-corrected chi connectivity index (χ0v) is 6.61. The first-order valence-corrected chi connectivity index (χ1v) is 3.58. The zero-order valence-electron chi connectivity index (χ0n) is 4.45. The van der Waals surface area contributed by atoms with Crippen LogP contribution in [0.4, 0.5) is 4.39 Å². The van der Waals surface area contributed by atoms with Gasteiger partial charge in [-0.1, -0.05) is 22.6 Å². The second-order valence-electron chi connectivity index (χ2n) is 1.70. The number of hydrogen-bond acceptors (Lipinski definition) is 1. The van der Waals surface area contributed by atoms with Crippen LogP contribution >= 0.6 is 22.6 Å². The molecular formula is C4H7FINO. The Morgan fingerprint density at radius 3 is 2.38 bits per heavy atom. The van der Waals surface area contributed by atoms with Gasteiger partial charge in [-0.25, -0.2) is 4.39 Å². The van der Waals surface area contributed by atoms with Crippen molar-refractivity contribution in [1.82, 2.24) is 0 Å². The van der Waals surface area contributed by atoms with Gasteiger partial charge < -0.3 is 5.73 Å². The number of rotatable bonds is 2. The first kappa shape index (κ1) is 8.13. The van der Waals surface area contributed by atoms with Crippen LogP contribution in [-0.4, -0.2) is 16.0 Å². The Kier molecular flexibility index (Phi) is 2.65. The van der Waals surface area contributed by atoms with E-state index in [0.717, 1.165) is 0 Å². The van der Waals surface area contributed by atoms with Crippen molar-refractivity contribution in [3.05, 3.63) is 0 Å². The second-order valence-corrected chi connectivity index (χ2v) is 2.46. The average molecular weight is 231 g/mol. The molecule has 0 aromatic heterocycles. The van der Waals surface area contributed by atoms with Crippen molar-refractivity contribution in [1.29, 1.82) is 0 Å². The molecule has 0 heterocycles. The van der Waals surface area contributed by atoms with Gasteiger partial charge in [-0.2, -0.15) is 0 Å². The summed E-state index contributed by atoms with van der Waals surface area (Å²) < 4.78 is 12.6. The van der Waals surface area contributed by atoms with Gasteiger partial charge in [0.25, 0.3) is 5.91 Å². The predicted molar refractivity (Wildman–Crippen MR) is 37.6 cm³/mol. The number of carbonyl (C=O) groups is 1. The highest BCUT2D eigenvalue weighted by molar-refractivity contribution is 14.1. The maximum absolute atomic E-state index is 12.5. The van der Waals surface area contributed by atoms with Gasteiger partial charge in [0, 0.05) is 4.43 Å². The maximum atomic E-state index is 12.5. The second kappa shape index (κ2) is 2.61. The molecule has 0 fully saturated rings. The predicted octanol–water partition coefficient (Wildman–Crippen LogP) is 0.635. The van der Waals surface area contributed by atoms with Crippen LogP contribution in [0.25, 0.3) is 0 Å². The molecule has 8 heavy (non-hydrogen) atoms. The van der Waals surface area contributed by atoms with Crippen LogP contribution in [0.1, 0.15) is 6.92 Å². The van der Waals surface area contributed by atoms with Gasteiger partial charge >= 0.3 is 0 Å². The van der Waals surface area contributed by atoms with Crippen LogP contribution in [0.3, 0.4) is 0 Å². The summed E-state index contributed by atoms with van der Waals surface area (Å²) in [7, 11) is 0. The summed E-state index contributed by atoms with van der Waals surface area (Å²) in [4.78, 5) is 10.1. The Morgan fingerprint density at radius 2 is 2.38 bits per heavy atom. The number of halogens is 2. The number of primary amides is 1. The lowest BCUT2D eigenvalue weighted by Crippen LogP contribution is -2.37. The summed E-state index contributed by atoms with van der Waals surface area (Å²) in [6.07, 6.45) is 0. The van der Waals surface area contributed by atoms with E-state index in [-0.39, 0.29) is 4.43 Å². The largest absolute Gasteiger partial charge is 0.367 e. The van der Waals surface area contributed by atoms with Crippen LogP contribution in [0.5, 0.6) is 0 Å². The van der Waals surface area contributed by atoms with E-state index in [2.05, 4.69) is 5.73 Å². The normalized spacial score (nSPS) is 17.4. The van der Waals surface area contributed by atoms with Crippen LogP contribution in [0.2, 0.25) is 0 Å². The first-order chi connectivity index (χ1) is 3.50. The van der Waals surface area contributed by atoms with Gasteiger partial charge in [-0.15, -0.1) is 0 Å². The molecule has 4 heteroatoms.